The van der Waals surface area contributed by atoms with Crippen LogP contribution in [0.2, 0.25) is 0 Å². The molecule has 2 heterocycles. The van der Waals surface area contributed by atoms with Gasteiger partial charge in [0, 0.05) is 11.8 Å². The summed E-state index contributed by atoms with van der Waals surface area (Å²) in [6, 6.07) is 12.1. The zero-order valence-electron chi connectivity index (χ0n) is 18.4. The van der Waals surface area contributed by atoms with E-state index in [1.807, 2.05) is 0 Å². The molecule has 0 bridgehead atoms. The van der Waals surface area contributed by atoms with Crippen molar-refractivity contribution < 1.29 is 23.1 Å². The highest BCUT2D eigenvalue weighted by molar-refractivity contribution is 5.97. The van der Waals surface area contributed by atoms with Crippen LogP contribution in [0.3, 0.4) is 0 Å². The SMILES string of the molecule is Cc1ccc([C@@H](O)C(F)(F)CNC(=O)c2c(C)ccc(-c3ccn4nc(N)nc4c3)c2F)cc1. The molecule has 4 N–H and O–H groups in total. The number of anilines is 1. The minimum atomic E-state index is -3.68. The van der Waals surface area contributed by atoms with Gasteiger partial charge in [0.25, 0.3) is 11.8 Å². The van der Waals surface area contributed by atoms with Gasteiger partial charge in [0.05, 0.1) is 12.1 Å². The number of carbonyl (C=O) groups excluding carboxylic acids is 1. The summed E-state index contributed by atoms with van der Waals surface area (Å²) in [5, 5.41) is 16.1. The molecule has 0 unspecified atom stereocenters. The maximum Gasteiger partial charge on any atom is 0.294 e. The number of hydrogen-bond acceptors (Lipinski definition) is 5. The fourth-order valence-corrected chi connectivity index (χ4v) is 3.62. The quantitative estimate of drug-likeness (QED) is 0.398. The number of aliphatic hydroxyl groups excluding tert-OH is 1. The Morgan fingerprint density at radius 2 is 1.88 bits per heavy atom. The molecule has 0 aliphatic heterocycles. The molecule has 0 saturated heterocycles. The fraction of sp³-hybridized carbons (Fsp3) is 0.208. The van der Waals surface area contributed by atoms with Crippen molar-refractivity contribution >= 4 is 17.5 Å². The first kappa shape index (κ1) is 23.2. The number of nitrogen functional groups attached to an aromatic ring is 1. The number of alkyl halides is 2. The number of halogens is 3. The van der Waals surface area contributed by atoms with Gasteiger partial charge in [-0.3, -0.25) is 4.79 Å². The molecule has 2 aromatic carbocycles. The molecule has 7 nitrogen and oxygen atoms in total. The molecule has 0 radical (unpaired) electrons. The summed E-state index contributed by atoms with van der Waals surface area (Å²) in [5.74, 6) is -5.50. The largest absolute Gasteiger partial charge is 0.382 e. The predicted molar refractivity (Wildman–Crippen MR) is 121 cm³/mol. The number of benzene rings is 2. The minimum Gasteiger partial charge on any atom is -0.382 e. The van der Waals surface area contributed by atoms with Crippen molar-refractivity contribution in [1.29, 1.82) is 0 Å². The fourth-order valence-electron chi connectivity index (χ4n) is 3.62. The summed E-state index contributed by atoms with van der Waals surface area (Å²) in [5.41, 5.74) is 7.23. The van der Waals surface area contributed by atoms with Crippen LogP contribution in [-0.4, -0.2) is 38.1 Å². The van der Waals surface area contributed by atoms with E-state index in [1.165, 1.54) is 35.7 Å². The number of hydrogen-bond donors (Lipinski definition) is 3. The Balaban J connectivity index is 1.57. The predicted octanol–water partition coefficient (Wildman–Crippen LogP) is 3.83. The molecule has 1 atom stereocenters. The molecule has 0 saturated carbocycles. The van der Waals surface area contributed by atoms with Crippen LogP contribution in [-0.2, 0) is 0 Å². The third kappa shape index (κ3) is 4.44. The number of nitrogens with two attached hydrogens (primary N) is 1. The highest BCUT2D eigenvalue weighted by Crippen LogP contribution is 2.32. The van der Waals surface area contributed by atoms with Crippen LogP contribution in [0.25, 0.3) is 16.8 Å². The van der Waals surface area contributed by atoms with E-state index < -0.39 is 30.3 Å². The molecule has 34 heavy (non-hydrogen) atoms. The number of fused-ring (bicyclic) bond motifs is 1. The number of nitrogens with one attached hydrogen (secondary N) is 1. The lowest BCUT2D eigenvalue weighted by Gasteiger charge is -2.23. The van der Waals surface area contributed by atoms with Crippen molar-refractivity contribution in [2.45, 2.75) is 25.9 Å². The van der Waals surface area contributed by atoms with Gasteiger partial charge in [-0.25, -0.2) is 17.7 Å². The zero-order valence-corrected chi connectivity index (χ0v) is 18.4. The average molecular weight is 469 g/mol. The van der Waals surface area contributed by atoms with Crippen LogP contribution in [0.4, 0.5) is 19.1 Å². The first-order chi connectivity index (χ1) is 16.1. The number of pyridine rings is 1. The van der Waals surface area contributed by atoms with Gasteiger partial charge in [0.15, 0.2) is 5.65 Å². The molecule has 10 heteroatoms. The van der Waals surface area contributed by atoms with Gasteiger partial charge >= 0.3 is 0 Å². The Hall–Kier alpha value is -3.92. The average Bonchev–Trinajstić information content (AvgIpc) is 3.17. The van der Waals surface area contributed by atoms with Crippen molar-refractivity contribution in [2.75, 3.05) is 12.3 Å². The smallest absolute Gasteiger partial charge is 0.294 e. The minimum absolute atomic E-state index is 0.0127. The lowest BCUT2D eigenvalue weighted by atomic mass is 9.98. The molecule has 0 fully saturated rings. The number of rotatable bonds is 6. The van der Waals surface area contributed by atoms with Gasteiger partial charge in [-0.05, 0) is 42.7 Å². The summed E-state index contributed by atoms with van der Waals surface area (Å²) in [7, 11) is 0. The number of nitrogens with zero attached hydrogens (tertiary/aromatic N) is 3. The third-order valence-electron chi connectivity index (χ3n) is 5.52. The molecule has 2 aromatic heterocycles. The third-order valence-corrected chi connectivity index (χ3v) is 5.52. The summed E-state index contributed by atoms with van der Waals surface area (Å²) >= 11 is 0. The van der Waals surface area contributed by atoms with E-state index in [1.54, 1.807) is 37.4 Å². The second kappa shape index (κ2) is 8.79. The van der Waals surface area contributed by atoms with E-state index in [2.05, 4.69) is 15.4 Å². The lowest BCUT2D eigenvalue weighted by molar-refractivity contribution is -0.106. The molecular weight excluding hydrogens is 447 g/mol. The second-order valence-corrected chi connectivity index (χ2v) is 8.06. The molecule has 1 amide bonds. The van der Waals surface area contributed by atoms with Crippen molar-refractivity contribution in [3.63, 3.8) is 0 Å². The van der Waals surface area contributed by atoms with E-state index >= 15 is 4.39 Å². The zero-order chi connectivity index (χ0) is 24.6. The van der Waals surface area contributed by atoms with Gasteiger partial charge in [-0.15, -0.1) is 5.10 Å². The van der Waals surface area contributed by atoms with Gasteiger partial charge in [0.1, 0.15) is 11.9 Å². The Kier molecular flexibility index (Phi) is 6.01. The summed E-state index contributed by atoms with van der Waals surface area (Å²) < 4.78 is 46.0. The summed E-state index contributed by atoms with van der Waals surface area (Å²) in [6.45, 7) is 2.12. The normalized spacial score (nSPS) is 12.6. The number of aromatic nitrogens is 3. The lowest BCUT2D eigenvalue weighted by Crippen LogP contribution is -2.41. The van der Waals surface area contributed by atoms with E-state index in [0.29, 0.717) is 11.2 Å². The number of aliphatic hydroxyl groups is 1. The second-order valence-electron chi connectivity index (χ2n) is 8.06. The van der Waals surface area contributed by atoms with E-state index in [4.69, 9.17) is 5.73 Å². The molecular formula is C24H22F3N5O2. The highest BCUT2D eigenvalue weighted by atomic mass is 19.3. The van der Waals surface area contributed by atoms with Gasteiger partial charge in [-0.2, -0.15) is 4.98 Å². The van der Waals surface area contributed by atoms with E-state index in [0.717, 1.165) is 5.56 Å². The molecule has 0 aliphatic rings. The van der Waals surface area contributed by atoms with Crippen LogP contribution < -0.4 is 11.1 Å². The van der Waals surface area contributed by atoms with Gasteiger partial charge < -0.3 is 16.2 Å². The first-order valence-corrected chi connectivity index (χ1v) is 10.4. The van der Waals surface area contributed by atoms with Gasteiger partial charge in [-0.1, -0.05) is 42.0 Å². The summed E-state index contributed by atoms with van der Waals surface area (Å²) in [6.07, 6.45) is -0.590. The van der Waals surface area contributed by atoms with E-state index in [-0.39, 0.29) is 28.2 Å². The molecule has 176 valence electrons. The molecule has 4 rings (SSSR count). The van der Waals surface area contributed by atoms with Gasteiger partial charge in [0.2, 0.25) is 5.95 Å². The Labute approximate surface area is 193 Å². The Morgan fingerprint density at radius 1 is 1.18 bits per heavy atom. The molecule has 4 aromatic rings. The van der Waals surface area contributed by atoms with Crippen LogP contribution in [0.5, 0.6) is 0 Å². The van der Waals surface area contributed by atoms with Crippen LogP contribution in [0, 0.1) is 19.7 Å². The Morgan fingerprint density at radius 3 is 2.59 bits per heavy atom. The topological polar surface area (TPSA) is 106 Å². The molecule has 0 aliphatic carbocycles. The monoisotopic (exact) mass is 469 g/mol. The van der Waals surface area contributed by atoms with Crippen LogP contribution >= 0.6 is 0 Å². The van der Waals surface area contributed by atoms with Crippen LogP contribution in [0.1, 0.15) is 33.2 Å². The van der Waals surface area contributed by atoms with Crippen molar-refractivity contribution in [1.82, 2.24) is 19.9 Å². The Bertz CT molecular complexity index is 1370. The van der Waals surface area contributed by atoms with Crippen molar-refractivity contribution in [3.05, 3.63) is 82.8 Å². The summed E-state index contributed by atoms with van der Waals surface area (Å²) in [4.78, 5) is 16.8. The number of amides is 1. The van der Waals surface area contributed by atoms with Crippen molar-refractivity contribution in [3.8, 4) is 11.1 Å². The number of aryl methyl sites for hydroxylation is 2. The number of carbonyl (C=O) groups is 1. The van der Waals surface area contributed by atoms with Crippen molar-refractivity contribution in [2.24, 2.45) is 0 Å². The maximum atomic E-state index is 15.4. The highest BCUT2D eigenvalue weighted by Gasteiger charge is 2.40. The maximum absolute atomic E-state index is 15.4. The first-order valence-electron chi connectivity index (χ1n) is 10.4. The molecule has 0 spiro atoms. The van der Waals surface area contributed by atoms with Crippen LogP contribution in [0.15, 0.2) is 54.7 Å². The standard InChI is InChI=1S/C24H22F3N5O2/c1-13-3-6-15(7-4-13)21(33)24(26,27)12-29-22(34)19-14(2)5-8-17(20(19)25)16-9-10-32-18(11-16)30-23(28)31-32/h3-11,21,33H,12H2,1-2H3,(H2,28,31)(H,29,34)/t21-/m1/s1. The van der Waals surface area contributed by atoms with E-state index in [9.17, 15) is 18.7 Å².